The Bertz CT molecular complexity index is 274. The molecule has 0 bridgehead atoms. The van der Waals surface area contributed by atoms with Crippen molar-refractivity contribution in [3.63, 3.8) is 0 Å². The fourth-order valence-electron chi connectivity index (χ4n) is 3.78. The van der Waals surface area contributed by atoms with Gasteiger partial charge in [0.05, 0.1) is 0 Å². The van der Waals surface area contributed by atoms with Crippen molar-refractivity contribution in [2.24, 2.45) is 5.92 Å². The lowest BCUT2D eigenvalue weighted by molar-refractivity contribution is 0.0387. The Morgan fingerprint density at radius 1 is 1.26 bits per heavy atom. The van der Waals surface area contributed by atoms with Crippen LogP contribution in [0.3, 0.4) is 0 Å². The van der Waals surface area contributed by atoms with Crippen LogP contribution in [-0.4, -0.2) is 35.6 Å². The molecule has 0 amide bonds. The molecule has 2 aliphatic rings. The number of unbranched alkanes of at least 4 members (excludes halogenated alkanes) is 2. The Morgan fingerprint density at radius 3 is 2.58 bits per heavy atom. The summed E-state index contributed by atoms with van der Waals surface area (Å²) in [5.41, 5.74) is 0.394. The predicted molar refractivity (Wildman–Crippen MR) is 83.5 cm³/mol. The lowest BCUT2D eigenvalue weighted by Crippen LogP contribution is -2.65. The summed E-state index contributed by atoms with van der Waals surface area (Å²) in [4.78, 5) is 2.82. The molecule has 2 nitrogen and oxygen atoms in total. The van der Waals surface area contributed by atoms with Gasteiger partial charge in [-0.25, -0.2) is 0 Å². The minimum atomic E-state index is 0.394. The van der Waals surface area contributed by atoms with Gasteiger partial charge in [0.2, 0.25) is 0 Å². The standard InChI is InChI=1S/C17H34N2/c1-5-7-8-9-14(3)19-13-17(4,15-10-11-15)18-12-16(19)6-2/h14-16,18H,5-13H2,1-4H3. The highest BCUT2D eigenvalue weighted by atomic mass is 15.3. The molecule has 2 fully saturated rings. The summed E-state index contributed by atoms with van der Waals surface area (Å²) in [7, 11) is 0. The molecular weight excluding hydrogens is 232 g/mol. The lowest BCUT2D eigenvalue weighted by atomic mass is 9.89. The summed E-state index contributed by atoms with van der Waals surface area (Å²) in [6, 6.07) is 1.51. The second-order valence-corrected chi connectivity index (χ2v) is 7.15. The molecule has 2 rings (SSSR count). The average molecular weight is 266 g/mol. The summed E-state index contributed by atoms with van der Waals surface area (Å²) in [6.07, 6.45) is 9.68. The smallest absolute Gasteiger partial charge is 0.0309 e. The van der Waals surface area contributed by atoms with Crippen molar-refractivity contribution in [1.29, 1.82) is 0 Å². The third-order valence-corrected chi connectivity index (χ3v) is 5.46. The van der Waals surface area contributed by atoms with Crippen LogP contribution in [0, 0.1) is 5.92 Å². The van der Waals surface area contributed by atoms with E-state index in [2.05, 4.69) is 37.9 Å². The van der Waals surface area contributed by atoms with E-state index in [1.54, 1.807) is 0 Å². The van der Waals surface area contributed by atoms with E-state index >= 15 is 0 Å². The van der Waals surface area contributed by atoms with Crippen LogP contribution in [0.4, 0.5) is 0 Å². The van der Waals surface area contributed by atoms with Crippen LogP contribution >= 0.6 is 0 Å². The van der Waals surface area contributed by atoms with Crippen LogP contribution in [0.1, 0.15) is 72.6 Å². The summed E-state index contributed by atoms with van der Waals surface area (Å²) >= 11 is 0. The fourth-order valence-corrected chi connectivity index (χ4v) is 3.78. The molecule has 0 aromatic heterocycles. The minimum Gasteiger partial charge on any atom is -0.308 e. The van der Waals surface area contributed by atoms with Gasteiger partial charge in [-0.1, -0.05) is 33.1 Å². The predicted octanol–water partition coefficient (Wildman–Crippen LogP) is 3.81. The highest BCUT2D eigenvalue weighted by molar-refractivity contribution is 5.04. The summed E-state index contributed by atoms with van der Waals surface area (Å²) in [5, 5.41) is 3.87. The van der Waals surface area contributed by atoms with Crippen molar-refractivity contribution in [1.82, 2.24) is 10.2 Å². The topological polar surface area (TPSA) is 15.3 Å². The highest BCUT2D eigenvalue weighted by Crippen LogP contribution is 2.42. The molecule has 0 spiro atoms. The van der Waals surface area contributed by atoms with Crippen molar-refractivity contribution < 1.29 is 0 Å². The number of hydrogen-bond acceptors (Lipinski definition) is 2. The highest BCUT2D eigenvalue weighted by Gasteiger charge is 2.46. The third kappa shape index (κ3) is 3.72. The Kier molecular flexibility index (Phi) is 5.30. The van der Waals surface area contributed by atoms with Crippen LogP contribution in [0.15, 0.2) is 0 Å². The molecule has 1 saturated heterocycles. The molecular formula is C17H34N2. The quantitative estimate of drug-likeness (QED) is 0.705. The molecule has 1 N–H and O–H groups in total. The molecule has 3 atom stereocenters. The second kappa shape index (κ2) is 6.58. The SMILES string of the molecule is CCCCCC(C)N1CC(C)(C2CC2)NCC1CC. The van der Waals surface area contributed by atoms with Gasteiger partial charge in [0, 0.05) is 30.7 Å². The van der Waals surface area contributed by atoms with Gasteiger partial charge < -0.3 is 5.32 Å². The van der Waals surface area contributed by atoms with E-state index in [-0.39, 0.29) is 0 Å². The zero-order chi connectivity index (χ0) is 13.9. The van der Waals surface area contributed by atoms with Gasteiger partial charge in [-0.15, -0.1) is 0 Å². The molecule has 1 heterocycles. The number of piperazine rings is 1. The van der Waals surface area contributed by atoms with Gasteiger partial charge in [-0.2, -0.15) is 0 Å². The Labute approximate surface area is 120 Å². The molecule has 0 radical (unpaired) electrons. The van der Waals surface area contributed by atoms with E-state index in [0.29, 0.717) is 5.54 Å². The van der Waals surface area contributed by atoms with E-state index in [0.717, 1.165) is 18.0 Å². The van der Waals surface area contributed by atoms with Gasteiger partial charge in [0.15, 0.2) is 0 Å². The lowest BCUT2D eigenvalue weighted by Gasteiger charge is -2.49. The Balaban J connectivity index is 1.92. The van der Waals surface area contributed by atoms with E-state index in [4.69, 9.17) is 0 Å². The van der Waals surface area contributed by atoms with E-state index in [1.165, 1.54) is 58.0 Å². The first-order valence-electron chi connectivity index (χ1n) is 8.61. The molecule has 112 valence electrons. The van der Waals surface area contributed by atoms with Crippen molar-refractivity contribution >= 4 is 0 Å². The number of nitrogens with zero attached hydrogens (tertiary/aromatic N) is 1. The van der Waals surface area contributed by atoms with E-state index in [1.807, 2.05) is 0 Å². The van der Waals surface area contributed by atoms with Gasteiger partial charge >= 0.3 is 0 Å². The third-order valence-electron chi connectivity index (χ3n) is 5.46. The molecule has 0 aromatic carbocycles. The number of hydrogen-bond donors (Lipinski definition) is 1. The van der Waals surface area contributed by atoms with E-state index in [9.17, 15) is 0 Å². The first kappa shape index (κ1) is 15.3. The minimum absolute atomic E-state index is 0.394. The average Bonchev–Trinajstić information content (AvgIpc) is 3.23. The number of nitrogens with one attached hydrogen (secondary N) is 1. The van der Waals surface area contributed by atoms with Crippen molar-refractivity contribution in [2.45, 2.75) is 90.3 Å². The molecule has 0 aromatic rings. The zero-order valence-electron chi connectivity index (χ0n) is 13.5. The first-order chi connectivity index (χ1) is 9.10. The summed E-state index contributed by atoms with van der Waals surface area (Å²) < 4.78 is 0. The maximum Gasteiger partial charge on any atom is 0.0309 e. The van der Waals surface area contributed by atoms with Crippen LogP contribution in [0.5, 0.6) is 0 Å². The normalized spacial score (nSPS) is 34.4. The fraction of sp³-hybridized carbons (Fsp3) is 1.00. The van der Waals surface area contributed by atoms with Crippen molar-refractivity contribution in [3.8, 4) is 0 Å². The van der Waals surface area contributed by atoms with Crippen LogP contribution in [0.25, 0.3) is 0 Å². The second-order valence-electron chi connectivity index (χ2n) is 7.15. The van der Waals surface area contributed by atoms with Gasteiger partial charge in [0.25, 0.3) is 0 Å². The van der Waals surface area contributed by atoms with Gasteiger partial charge in [-0.05, 0) is 45.4 Å². The summed E-state index contributed by atoms with van der Waals surface area (Å²) in [6.45, 7) is 12.0. The maximum atomic E-state index is 3.87. The molecule has 19 heavy (non-hydrogen) atoms. The molecule has 3 unspecified atom stereocenters. The summed E-state index contributed by atoms with van der Waals surface area (Å²) in [5.74, 6) is 0.940. The van der Waals surface area contributed by atoms with Gasteiger partial charge in [0.1, 0.15) is 0 Å². The Hall–Kier alpha value is -0.0800. The van der Waals surface area contributed by atoms with Crippen LogP contribution in [-0.2, 0) is 0 Å². The zero-order valence-corrected chi connectivity index (χ0v) is 13.5. The molecule has 1 saturated carbocycles. The maximum absolute atomic E-state index is 3.87. The first-order valence-corrected chi connectivity index (χ1v) is 8.61. The van der Waals surface area contributed by atoms with E-state index < -0.39 is 0 Å². The van der Waals surface area contributed by atoms with Crippen LogP contribution < -0.4 is 5.32 Å². The van der Waals surface area contributed by atoms with Crippen molar-refractivity contribution in [3.05, 3.63) is 0 Å². The molecule has 1 aliphatic carbocycles. The number of rotatable bonds is 7. The largest absolute Gasteiger partial charge is 0.308 e. The monoisotopic (exact) mass is 266 g/mol. The van der Waals surface area contributed by atoms with Crippen molar-refractivity contribution in [2.75, 3.05) is 13.1 Å². The van der Waals surface area contributed by atoms with Gasteiger partial charge in [-0.3, -0.25) is 4.90 Å². The van der Waals surface area contributed by atoms with Crippen LogP contribution in [0.2, 0.25) is 0 Å². The Morgan fingerprint density at radius 2 is 2.00 bits per heavy atom. The molecule has 2 heteroatoms. The molecule has 1 aliphatic heterocycles.